The largest absolute Gasteiger partial charge is 0.493 e. The Bertz CT molecular complexity index is 331. The lowest BCUT2D eigenvalue weighted by molar-refractivity contribution is 0.294. The van der Waals surface area contributed by atoms with Crippen molar-refractivity contribution in [2.45, 2.75) is 26.2 Å². The first-order valence-corrected chi connectivity index (χ1v) is 5.12. The smallest absolute Gasteiger partial charge is 0.164 e. The van der Waals surface area contributed by atoms with Crippen LogP contribution in [-0.4, -0.2) is 13.7 Å². The number of aryl methyl sites for hydroxylation is 1. The van der Waals surface area contributed by atoms with Gasteiger partial charge in [-0.1, -0.05) is 6.07 Å². The zero-order valence-corrected chi connectivity index (χ0v) is 8.80. The van der Waals surface area contributed by atoms with Crippen molar-refractivity contribution in [1.29, 1.82) is 0 Å². The van der Waals surface area contributed by atoms with E-state index in [1.54, 1.807) is 7.11 Å². The Hall–Kier alpha value is -1.18. The van der Waals surface area contributed by atoms with Crippen LogP contribution in [0.4, 0.5) is 0 Å². The number of benzene rings is 1. The first-order valence-electron chi connectivity index (χ1n) is 5.12. The Morgan fingerprint density at radius 3 is 2.93 bits per heavy atom. The fourth-order valence-corrected chi connectivity index (χ4v) is 1.91. The van der Waals surface area contributed by atoms with Gasteiger partial charge in [0.2, 0.25) is 0 Å². The first kappa shape index (κ1) is 9.38. The molecular formula is C12H16O2. The van der Waals surface area contributed by atoms with Crippen molar-refractivity contribution in [1.82, 2.24) is 0 Å². The fraction of sp³-hybridized carbons (Fsp3) is 0.500. The van der Waals surface area contributed by atoms with Crippen LogP contribution < -0.4 is 9.47 Å². The molecule has 1 heterocycles. The van der Waals surface area contributed by atoms with Crippen molar-refractivity contribution in [2.75, 3.05) is 13.7 Å². The molecule has 0 radical (unpaired) electrons. The zero-order chi connectivity index (χ0) is 9.97. The van der Waals surface area contributed by atoms with Crippen molar-refractivity contribution in [2.24, 2.45) is 0 Å². The van der Waals surface area contributed by atoms with Crippen molar-refractivity contribution in [3.8, 4) is 11.5 Å². The van der Waals surface area contributed by atoms with E-state index in [0.29, 0.717) is 0 Å². The van der Waals surface area contributed by atoms with Crippen LogP contribution in [0.3, 0.4) is 0 Å². The number of methoxy groups -OCH3 is 1. The van der Waals surface area contributed by atoms with E-state index in [2.05, 4.69) is 13.0 Å². The van der Waals surface area contributed by atoms with E-state index < -0.39 is 0 Å². The maximum absolute atomic E-state index is 5.73. The Labute approximate surface area is 84.8 Å². The van der Waals surface area contributed by atoms with Gasteiger partial charge in [-0.25, -0.2) is 0 Å². The SMILES string of the molecule is COc1ccc(C)c2c1OCCCC2. The molecule has 0 atom stereocenters. The highest BCUT2D eigenvalue weighted by Crippen LogP contribution is 2.36. The minimum Gasteiger partial charge on any atom is -0.493 e. The molecule has 0 fully saturated rings. The van der Waals surface area contributed by atoms with Crippen molar-refractivity contribution >= 4 is 0 Å². The highest BCUT2D eigenvalue weighted by molar-refractivity contribution is 5.50. The third-order valence-electron chi connectivity index (χ3n) is 2.75. The summed E-state index contributed by atoms with van der Waals surface area (Å²) in [5.74, 6) is 1.83. The summed E-state index contributed by atoms with van der Waals surface area (Å²) >= 11 is 0. The topological polar surface area (TPSA) is 18.5 Å². The van der Waals surface area contributed by atoms with E-state index in [4.69, 9.17) is 9.47 Å². The van der Waals surface area contributed by atoms with Crippen LogP contribution in [0.15, 0.2) is 12.1 Å². The van der Waals surface area contributed by atoms with Gasteiger partial charge in [-0.05, 0) is 37.8 Å². The van der Waals surface area contributed by atoms with E-state index >= 15 is 0 Å². The van der Waals surface area contributed by atoms with E-state index in [1.165, 1.54) is 17.5 Å². The van der Waals surface area contributed by atoms with Gasteiger partial charge in [0, 0.05) is 5.56 Å². The Balaban J connectivity index is 2.49. The highest BCUT2D eigenvalue weighted by atomic mass is 16.5. The molecule has 0 aliphatic carbocycles. The highest BCUT2D eigenvalue weighted by Gasteiger charge is 2.15. The van der Waals surface area contributed by atoms with Gasteiger partial charge in [0.25, 0.3) is 0 Å². The molecule has 76 valence electrons. The minimum absolute atomic E-state index is 0.812. The third-order valence-corrected chi connectivity index (χ3v) is 2.75. The van der Waals surface area contributed by atoms with Crippen LogP contribution in [0.25, 0.3) is 0 Å². The summed E-state index contributed by atoms with van der Waals surface area (Å²) in [6, 6.07) is 4.09. The van der Waals surface area contributed by atoms with Gasteiger partial charge in [0.1, 0.15) is 0 Å². The van der Waals surface area contributed by atoms with Gasteiger partial charge < -0.3 is 9.47 Å². The summed E-state index contributed by atoms with van der Waals surface area (Å²) in [4.78, 5) is 0. The maximum Gasteiger partial charge on any atom is 0.164 e. The van der Waals surface area contributed by atoms with Gasteiger partial charge >= 0.3 is 0 Å². The number of ether oxygens (including phenoxy) is 2. The number of hydrogen-bond donors (Lipinski definition) is 0. The zero-order valence-electron chi connectivity index (χ0n) is 8.80. The van der Waals surface area contributed by atoms with Gasteiger partial charge in [-0.3, -0.25) is 0 Å². The van der Waals surface area contributed by atoms with E-state index in [9.17, 15) is 0 Å². The lowest BCUT2D eigenvalue weighted by Crippen LogP contribution is -1.99. The second kappa shape index (κ2) is 3.91. The van der Waals surface area contributed by atoms with Crippen molar-refractivity contribution < 1.29 is 9.47 Å². The Kier molecular flexibility index (Phi) is 2.62. The van der Waals surface area contributed by atoms with Crippen LogP contribution in [0.2, 0.25) is 0 Å². The maximum atomic E-state index is 5.73. The average Bonchev–Trinajstić information content (AvgIpc) is 2.44. The molecule has 2 nitrogen and oxygen atoms in total. The van der Waals surface area contributed by atoms with Crippen molar-refractivity contribution in [3.63, 3.8) is 0 Å². The summed E-state index contributed by atoms with van der Waals surface area (Å²) in [6.45, 7) is 2.94. The molecular weight excluding hydrogens is 176 g/mol. The van der Waals surface area contributed by atoms with Gasteiger partial charge in [-0.15, -0.1) is 0 Å². The summed E-state index contributed by atoms with van der Waals surface area (Å²) in [7, 11) is 1.69. The molecule has 1 aromatic rings. The molecule has 2 rings (SSSR count). The molecule has 14 heavy (non-hydrogen) atoms. The predicted molar refractivity (Wildman–Crippen MR) is 56.2 cm³/mol. The standard InChI is InChI=1S/C12H16O2/c1-9-6-7-11(13-2)12-10(9)5-3-4-8-14-12/h6-7H,3-5,8H2,1-2H3. The molecule has 0 aromatic heterocycles. The number of hydrogen-bond acceptors (Lipinski definition) is 2. The second-order valence-electron chi connectivity index (χ2n) is 3.70. The van der Waals surface area contributed by atoms with Crippen LogP contribution >= 0.6 is 0 Å². The molecule has 2 heteroatoms. The van der Waals surface area contributed by atoms with Crippen molar-refractivity contribution in [3.05, 3.63) is 23.3 Å². The lowest BCUT2D eigenvalue weighted by Gasteiger charge is -2.13. The Morgan fingerprint density at radius 1 is 1.29 bits per heavy atom. The summed E-state index contributed by atoms with van der Waals surface area (Å²) in [5.41, 5.74) is 2.63. The molecule has 0 spiro atoms. The van der Waals surface area contributed by atoms with E-state index in [0.717, 1.165) is 30.9 Å². The quantitative estimate of drug-likeness (QED) is 0.681. The summed E-state index contributed by atoms with van der Waals surface area (Å²) in [6.07, 6.45) is 3.46. The molecule has 0 unspecified atom stereocenters. The van der Waals surface area contributed by atoms with E-state index in [-0.39, 0.29) is 0 Å². The minimum atomic E-state index is 0.812. The predicted octanol–water partition coefficient (Wildman–Crippen LogP) is 2.72. The number of fused-ring (bicyclic) bond motifs is 1. The number of rotatable bonds is 1. The van der Waals surface area contributed by atoms with Crippen LogP contribution in [-0.2, 0) is 6.42 Å². The monoisotopic (exact) mass is 192 g/mol. The Morgan fingerprint density at radius 2 is 2.14 bits per heavy atom. The molecule has 0 N–H and O–H groups in total. The third kappa shape index (κ3) is 1.57. The summed E-state index contributed by atoms with van der Waals surface area (Å²) in [5, 5.41) is 0. The molecule has 1 aromatic carbocycles. The molecule has 0 saturated heterocycles. The molecule has 0 amide bonds. The lowest BCUT2D eigenvalue weighted by atomic mass is 10.0. The van der Waals surface area contributed by atoms with Gasteiger partial charge in [0.05, 0.1) is 13.7 Å². The molecule has 0 saturated carbocycles. The van der Waals surface area contributed by atoms with Crippen LogP contribution in [0.1, 0.15) is 24.0 Å². The molecule has 0 bridgehead atoms. The molecule has 1 aliphatic rings. The summed E-state index contributed by atoms with van der Waals surface area (Å²) < 4.78 is 11.0. The normalized spacial score (nSPS) is 15.3. The van der Waals surface area contributed by atoms with Gasteiger partial charge in [0.15, 0.2) is 11.5 Å². The van der Waals surface area contributed by atoms with Crippen LogP contribution in [0.5, 0.6) is 11.5 Å². The van der Waals surface area contributed by atoms with E-state index in [1.807, 2.05) is 6.07 Å². The molecule has 1 aliphatic heterocycles. The average molecular weight is 192 g/mol. The van der Waals surface area contributed by atoms with Gasteiger partial charge in [-0.2, -0.15) is 0 Å². The second-order valence-corrected chi connectivity index (χ2v) is 3.70. The fourth-order valence-electron chi connectivity index (χ4n) is 1.91. The van der Waals surface area contributed by atoms with Crippen LogP contribution in [0, 0.1) is 6.92 Å². The first-order chi connectivity index (χ1) is 6.83.